The largest absolute Gasteiger partial charge is 0.456 e. The highest BCUT2D eigenvalue weighted by Gasteiger charge is 2.20. The summed E-state index contributed by atoms with van der Waals surface area (Å²) in [7, 11) is 0. The monoisotopic (exact) mass is 680 g/mol. The van der Waals surface area contributed by atoms with Gasteiger partial charge in [0.25, 0.3) is 0 Å². The molecule has 2 heterocycles. The second-order valence-corrected chi connectivity index (χ2v) is 13.2. The third-order valence-corrected chi connectivity index (χ3v) is 9.92. The van der Waals surface area contributed by atoms with Crippen LogP contribution in [0.15, 0.2) is 203 Å². The van der Waals surface area contributed by atoms with Gasteiger partial charge >= 0.3 is 0 Å². The molecular weight excluding hydrogens is 649 g/mol. The molecule has 0 amide bonds. The first-order valence-electron chi connectivity index (χ1n) is 17.8. The molecule has 10 aromatic rings. The van der Waals surface area contributed by atoms with Crippen molar-refractivity contribution in [1.29, 1.82) is 0 Å². The van der Waals surface area contributed by atoms with Gasteiger partial charge in [-0.25, -0.2) is 4.98 Å². The quantitative estimate of drug-likeness (QED) is 0.168. The summed E-state index contributed by atoms with van der Waals surface area (Å²) in [6.45, 7) is 0. The van der Waals surface area contributed by atoms with Gasteiger partial charge in [0.05, 0.1) is 0 Å². The molecule has 0 saturated carbocycles. The summed E-state index contributed by atoms with van der Waals surface area (Å²) >= 11 is 0. The topological polar surface area (TPSA) is 42.4 Å². The van der Waals surface area contributed by atoms with Crippen LogP contribution in [-0.4, -0.2) is 4.98 Å². The Kier molecular flexibility index (Phi) is 7.43. The lowest BCUT2D eigenvalue weighted by atomic mass is 9.98. The Bertz CT molecular complexity index is 2870. The molecule has 10 rings (SSSR count). The summed E-state index contributed by atoms with van der Waals surface area (Å²) in [6, 6.07) is 67.4. The first kappa shape index (κ1) is 30.6. The number of anilines is 3. The Labute approximate surface area is 306 Å². The number of aromatic nitrogens is 1. The van der Waals surface area contributed by atoms with Crippen LogP contribution in [0, 0.1) is 0 Å². The average Bonchev–Trinajstić information content (AvgIpc) is 3.85. The molecule has 0 aliphatic heterocycles. The number of hydrogen-bond acceptors (Lipinski definition) is 4. The summed E-state index contributed by atoms with van der Waals surface area (Å²) in [4.78, 5) is 7.38. The molecule has 2 aromatic heterocycles. The maximum absolute atomic E-state index is 6.61. The van der Waals surface area contributed by atoms with E-state index in [1.165, 1.54) is 5.56 Å². The zero-order chi connectivity index (χ0) is 35.1. The molecule has 0 radical (unpaired) electrons. The van der Waals surface area contributed by atoms with Crippen LogP contribution in [0.25, 0.3) is 77.9 Å². The van der Waals surface area contributed by atoms with Crippen LogP contribution < -0.4 is 4.90 Å². The first-order chi connectivity index (χ1) is 26.3. The minimum absolute atomic E-state index is 0.605. The van der Waals surface area contributed by atoms with Crippen molar-refractivity contribution in [2.45, 2.75) is 0 Å². The fourth-order valence-electron chi connectivity index (χ4n) is 7.33. The van der Waals surface area contributed by atoms with Crippen LogP contribution in [0.1, 0.15) is 0 Å². The van der Waals surface area contributed by atoms with E-state index in [1.807, 2.05) is 48.5 Å². The van der Waals surface area contributed by atoms with E-state index in [2.05, 4.69) is 150 Å². The lowest BCUT2D eigenvalue weighted by Gasteiger charge is -2.26. The second kappa shape index (κ2) is 12.9. The molecule has 4 nitrogen and oxygen atoms in total. The Hall–Kier alpha value is -7.17. The molecule has 53 heavy (non-hydrogen) atoms. The summed E-state index contributed by atoms with van der Waals surface area (Å²) in [5, 5.41) is 2.18. The van der Waals surface area contributed by atoms with Crippen molar-refractivity contribution in [3.63, 3.8) is 0 Å². The van der Waals surface area contributed by atoms with Crippen LogP contribution in [0.3, 0.4) is 0 Å². The number of nitrogens with zero attached hydrogens (tertiary/aromatic N) is 2. The normalized spacial score (nSPS) is 11.4. The molecule has 4 heteroatoms. The molecule has 0 unspecified atom stereocenters. The summed E-state index contributed by atoms with van der Waals surface area (Å²) in [6.07, 6.45) is 0. The van der Waals surface area contributed by atoms with E-state index >= 15 is 0 Å². The molecule has 0 fully saturated rings. The fraction of sp³-hybridized carbons (Fsp3) is 0. The van der Waals surface area contributed by atoms with Gasteiger partial charge in [-0.1, -0.05) is 127 Å². The average molecular weight is 681 g/mol. The summed E-state index contributed by atoms with van der Waals surface area (Å²) in [5.41, 5.74) is 13.9. The van der Waals surface area contributed by atoms with Crippen molar-refractivity contribution in [3.8, 4) is 44.8 Å². The molecule has 0 aliphatic rings. The Morgan fingerprint density at radius 3 is 1.72 bits per heavy atom. The number of oxazole rings is 1. The van der Waals surface area contributed by atoms with Crippen molar-refractivity contribution in [2.75, 3.05) is 4.90 Å². The van der Waals surface area contributed by atoms with E-state index in [4.69, 9.17) is 13.8 Å². The number of para-hydroxylation sites is 1. The van der Waals surface area contributed by atoms with Crippen molar-refractivity contribution in [1.82, 2.24) is 4.98 Å². The fourth-order valence-corrected chi connectivity index (χ4v) is 7.33. The molecule has 0 spiro atoms. The van der Waals surface area contributed by atoms with E-state index in [0.29, 0.717) is 5.89 Å². The Balaban J connectivity index is 1.11. The highest BCUT2D eigenvalue weighted by Crippen LogP contribution is 2.42. The smallest absolute Gasteiger partial charge is 0.227 e. The van der Waals surface area contributed by atoms with Crippen LogP contribution in [0.4, 0.5) is 17.1 Å². The van der Waals surface area contributed by atoms with Crippen LogP contribution >= 0.6 is 0 Å². The van der Waals surface area contributed by atoms with Crippen molar-refractivity contribution in [3.05, 3.63) is 194 Å². The molecule has 0 bridgehead atoms. The van der Waals surface area contributed by atoms with Gasteiger partial charge in [0.1, 0.15) is 16.7 Å². The zero-order valence-corrected chi connectivity index (χ0v) is 28.7. The number of fused-ring (bicyclic) bond motifs is 4. The van der Waals surface area contributed by atoms with Crippen molar-refractivity contribution < 1.29 is 8.83 Å². The molecular formula is C49H32N2O2. The van der Waals surface area contributed by atoms with Gasteiger partial charge in [-0.3, -0.25) is 0 Å². The second-order valence-electron chi connectivity index (χ2n) is 13.2. The van der Waals surface area contributed by atoms with E-state index in [9.17, 15) is 0 Å². The number of furan rings is 1. The maximum atomic E-state index is 6.61. The first-order valence-corrected chi connectivity index (χ1v) is 17.8. The highest BCUT2D eigenvalue weighted by molar-refractivity contribution is 6.07. The zero-order valence-electron chi connectivity index (χ0n) is 28.7. The van der Waals surface area contributed by atoms with Gasteiger partial charge in [-0.05, 0) is 89.0 Å². The van der Waals surface area contributed by atoms with E-state index in [1.54, 1.807) is 0 Å². The van der Waals surface area contributed by atoms with Crippen LogP contribution in [0.5, 0.6) is 0 Å². The minimum atomic E-state index is 0.605. The van der Waals surface area contributed by atoms with Gasteiger partial charge in [-0.15, -0.1) is 0 Å². The number of benzene rings is 8. The predicted molar refractivity (Wildman–Crippen MR) is 218 cm³/mol. The third-order valence-electron chi connectivity index (χ3n) is 9.92. The summed E-state index contributed by atoms with van der Waals surface area (Å²) < 4.78 is 12.8. The van der Waals surface area contributed by atoms with Gasteiger partial charge in [-0.2, -0.15) is 0 Å². The SMILES string of the molecule is c1ccc(-c2cccc(N(c3ccc(-c4ccc(-c5ccccc5)c5nc(-c6ccccc6)oc45)cc3)c3ccc4oc5ccccc5c4c3)c2)cc1. The minimum Gasteiger partial charge on any atom is -0.456 e. The van der Waals surface area contributed by atoms with Gasteiger partial charge in [0, 0.05) is 44.5 Å². The standard InChI is InChI=1S/C49H32N2O2/c1-4-13-33(14-5-1)37-19-12-20-39(31-37)51(40-27-30-46-44(32-40)43-21-10-11-22-45(43)52-46)38-25-23-35(24-26-38)42-29-28-41(34-15-6-2-7-16-34)47-48(42)53-49(50-47)36-17-8-3-9-18-36/h1-32H. The van der Waals surface area contributed by atoms with Crippen LogP contribution in [-0.2, 0) is 0 Å². The van der Waals surface area contributed by atoms with Crippen molar-refractivity contribution >= 4 is 50.1 Å². The predicted octanol–water partition coefficient (Wildman–Crippen LogP) is 13.9. The van der Waals surface area contributed by atoms with Crippen LogP contribution in [0.2, 0.25) is 0 Å². The Morgan fingerprint density at radius 2 is 0.943 bits per heavy atom. The van der Waals surface area contributed by atoms with Gasteiger partial charge in [0.15, 0.2) is 5.58 Å². The van der Waals surface area contributed by atoms with Gasteiger partial charge in [0.2, 0.25) is 5.89 Å². The highest BCUT2D eigenvalue weighted by atomic mass is 16.3. The third kappa shape index (κ3) is 5.54. The molecule has 250 valence electrons. The summed E-state index contributed by atoms with van der Waals surface area (Å²) in [5.74, 6) is 0.605. The molecule has 0 saturated heterocycles. The van der Waals surface area contributed by atoms with Gasteiger partial charge < -0.3 is 13.7 Å². The molecule has 0 N–H and O–H groups in total. The Morgan fingerprint density at radius 1 is 0.358 bits per heavy atom. The van der Waals surface area contributed by atoms with E-state index < -0.39 is 0 Å². The van der Waals surface area contributed by atoms with E-state index in [-0.39, 0.29) is 0 Å². The van der Waals surface area contributed by atoms with Crippen molar-refractivity contribution in [2.24, 2.45) is 0 Å². The number of hydrogen-bond donors (Lipinski definition) is 0. The lowest BCUT2D eigenvalue weighted by Crippen LogP contribution is -2.10. The maximum Gasteiger partial charge on any atom is 0.227 e. The molecule has 0 aliphatic carbocycles. The lowest BCUT2D eigenvalue weighted by molar-refractivity contribution is 0.621. The molecule has 8 aromatic carbocycles. The molecule has 0 atom stereocenters. The van der Waals surface area contributed by atoms with E-state index in [0.717, 1.165) is 83.5 Å². The number of rotatable bonds is 7.